The molecule has 3 aliphatic rings. The SMILES string of the molecule is C=CC1=C(/C=C\C)c2cc(-c3cccc(-c4ccccc4CCC)c3)ccc2C1(C1=CCCC=C1)C1=CC=CCC1. The second-order valence-electron chi connectivity index (χ2n) is 11.3. The molecule has 0 heteroatoms. The summed E-state index contributed by atoms with van der Waals surface area (Å²) in [6.45, 7) is 8.78. The first-order chi connectivity index (χ1) is 20.2. The molecule has 0 aromatic heterocycles. The summed E-state index contributed by atoms with van der Waals surface area (Å²) in [7, 11) is 0. The molecule has 3 aromatic rings. The lowest BCUT2D eigenvalue weighted by Gasteiger charge is -2.39. The van der Waals surface area contributed by atoms with Gasteiger partial charge in [0.05, 0.1) is 5.41 Å². The molecule has 6 rings (SSSR count). The first kappa shape index (κ1) is 27.0. The van der Waals surface area contributed by atoms with E-state index in [1.165, 1.54) is 61.2 Å². The monoisotopic (exact) mass is 532 g/mol. The topological polar surface area (TPSA) is 0 Å². The van der Waals surface area contributed by atoms with Crippen LogP contribution in [-0.2, 0) is 11.8 Å². The highest BCUT2D eigenvalue weighted by Gasteiger charge is 2.48. The van der Waals surface area contributed by atoms with E-state index in [-0.39, 0.29) is 5.41 Å². The van der Waals surface area contributed by atoms with Crippen LogP contribution < -0.4 is 0 Å². The zero-order chi connectivity index (χ0) is 28.2. The van der Waals surface area contributed by atoms with E-state index < -0.39 is 0 Å². The van der Waals surface area contributed by atoms with Gasteiger partial charge in [-0.2, -0.15) is 0 Å². The van der Waals surface area contributed by atoms with Gasteiger partial charge in [0.25, 0.3) is 0 Å². The molecule has 0 fully saturated rings. The van der Waals surface area contributed by atoms with Gasteiger partial charge in [0.1, 0.15) is 0 Å². The van der Waals surface area contributed by atoms with Crippen LogP contribution in [0.2, 0.25) is 0 Å². The van der Waals surface area contributed by atoms with Crippen LogP contribution in [0.5, 0.6) is 0 Å². The molecule has 41 heavy (non-hydrogen) atoms. The Morgan fingerprint density at radius 1 is 0.854 bits per heavy atom. The minimum atomic E-state index is -0.299. The van der Waals surface area contributed by atoms with Crippen LogP contribution >= 0.6 is 0 Å². The van der Waals surface area contributed by atoms with Gasteiger partial charge >= 0.3 is 0 Å². The summed E-state index contributed by atoms with van der Waals surface area (Å²) in [6, 6.07) is 25.1. The first-order valence-electron chi connectivity index (χ1n) is 15.3. The molecule has 0 spiro atoms. The molecule has 0 aliphatic heterocycles. The van der Waals surface area contributed by atoms with Crippen LogP contribution in [0.3, 0.4) is 0 Å². The molecule has 0 saturated carbocycles. The first-order valence-corrected chi connectivity index (χ1v) is 15.3. The van der Waals surface area contributed by atoms with E-state index in [1.54, 1.807) is 0 Å². The van der Waals surface area contributed by atoms with Gasteiger partial charge in [-0.3, -0.25) is 0 Å². The Kier molecular flexibility index (Phi) is 7.75. The fourth-order valence-corrected chi connectivity index (χ4v) is 7.18. The van der Waals surface area contributed by atoms with Crippen molar-refractivity contribution in [1.82, 2.24) is 0 Å². The van der Waals surface area contributed by atoms with Gasteiger partial charge in [0.2, 0.25) is 0 Å². The Balaban J connectivity index is 1.55. The molecule has 0 saturated heterocycles. The summed E-state index contributed by atoms with van der Waals surface area (Å²) < 4.78 is 0. The van der Waals surface area contributed by atoms with Crippen LogP contribution in [-0.4, -0.2) is 0 Å². The number of rotatable bonds is 8. The predicted octanol–water partition coefficient (Wildman–Crippen LogP) is 11.3. The van der Waals surface area contributed by atoms with Crippen molar-refractivity contribution in [2.24, 2.45) is 0 Å². The summed E-state index contributed by atoms with van der Waals surface area (Å²) in [5.41, 5.74) is 14.4. The zero-order valence-electron chi connectivity index (χ0n) is 24.5. The fourth-order valence-electron chi connectivity index (χ4n) is 7.18. The maximum Gasteiger partial charge on any atom is 0.0673 e. The van der Waals surface area contributed by atoms with Crippen molar-refractivity contribution in [1.29, 1.82) is 0 Å². The van der Waals surface area contributed by atoms with E-state index in [1.807, 2.05) is 0 Å². The summed E-state index contributed by atoms with van der Waals surface area (Å²) in [5, 5.41) is 0. The highest BCUT2D eigenvalue weighted by atomic mass is 14.5. The standard InChI is InChI=1S/C41H40/c1-4-16-30-18-13-14-25-36(30)33-20-15-19-31(28-33)32-26-27-40-38(29-32)37(17-5-2)39(6-3)41(40,34-21-9-7-10-22-34)35-23-11-8-12-24-35/h5-7,9,11,13-15,17-21,23-29H,3-4,8,10,12,16,22H2,1-2H3/b17-5-. The Morgan fingerprint density at radius 2 is 1.71 bits per heavy atom. The van der Waals surface area contributed by atoms with Crippen molar-refractivity contribution in [2.75, 3.05) is 0 Å². The van der Waals surface area contributed by atoms with Gasteiger partial charge in [-0.1, -0.05) is 135 Å². The van der Waals surface area contributed by atoms with Gasteiger partial charge < -0.3 is 0 Å². The molecule has 0 nitrogen and oxygen atoms in total. The predicted molar refractivity (Wildman–Crippen MR) is 178 cm³/mol. The summed E-state index contributed by atoms with van der Waals surface area (Å²) in [4.78, 5) is 0. The van der Waals surface area contributed by atoms with Crippen molar-refractivity contribution in [2.45, 2.75) is 57.8 Å². The van der Waals surface area contributed by atoms with Gasteiger partial charge in [-0.25, -0.2) is 0 Å². The van der Waals surface area contributed by atoms with Gasteiger partial charge in [0, 0.05) is 0 Å². The molecule has 3 aliphatic carbocycles. The molecule has 0 amide bonds. The lowest BCUT2D eigenvalue weighted by atomic mass is 9.63. The number of benzene rings is 3. The Bertz CT molecular complexity index is 1660. The largest absolute Gasteiger partial charge is 0.0987 e. The molecule has 204 valence electrons. The molecule has 0 radical (unpaired) electrons. The lowest BCUT2D eigenvalue weighted by Crippen LogP contribution is -2.32. The molecule has 3 aromatic carbocycles. The smallest absolute Gasteiger partial charge is 0.0673 e. The number of hydrogen-bond acceptors (Lipinski definition) is 0. The quantitative estimate of drug-likeness (QED) is 0.271. The average Bonchev–Trinajstić information content (AvgIpc) is 3.32. The fraction of sp³-hybridized carbons (Fsp3) is 0.220. The van der Waals surface area contributed by atoms with Crippen LogP contribution in [0.4, 0.5) is 0 Å². The number of hydrogen-bond donors (Lipinski definition) is 0. The Labute approximate surface area is 246 Å². The molecule has 0 heterocycles. The van der Waals surface area contributed by atoms with Crippen molar-refractivity contribution >= 4 is 5.57 Å². The number of fused-ring (bicyclic) bond motifs is 1. The lowest BCUT2D eigenvalue weighted by molar-refractivity contribution is 0.678. The molecule has 0 N–H and O–H groups in total. The third-order valence-corrected chi connectivity index (χ3v) is 8.91. The maximum atomic E-state index is 4.40. The highest BCUT2D eigenvalue weighted by molar-refractivity contribution is 5.93. The van der Waals surface area contributed by atoms with Crippen molar-refractivity contribution in [3.63, 3.8) is 0 Å². The second kappa shape index (κ2) is 11.8. The Hall–Kier alpha value is -4.16. The molecular formula is C41H40. The van der Waals surface area contributed by atoms with Crippen LogP contribution in [0.15, 0.2) is 145 Å². The van der Waals surface area contributed by atoms with Gasteiger partial charge in [0.15, 0.2) is 0 Å². The normalized spacial score (nSPS) is 19.9. The van der Waals surface area contributed by atoms with Gasteiger partial charge in [-0.05, 0) is 107 Å². The summed E-state index contributed by atoms with van der Waals surface area (Å²) in [6.07, 6.45) is 27.3. The number of allylic oxidation sites excluding steroid dienone is 13. The Morgan fingerprint density at radius 3 is 2.46 bits per heavy atom. The second-order valence-corrected chi connectivity index (χ2v) is 11.3. The van der Waals surface area contributed by atoms with Crippen molar-refractivity contribution < 1.29 is 0 Å². The van der Waals surface area contributed by atoms with E-state index in [4.69, 9.17) is 0 Å². The highest BCUT2D eigenvalue weighted by Crippen LogP contribution is 2.58. The van der Waals surface area contributed by atoms with Crippen molar-refractivity contribution in [3.8, 4) is 22.3 Å². The maximum absolute atomic E-state index is 4.40. The number of aryl methyl sites for hydroxylation is 1. The van der Waals surface area contributed by atoms with E-state index in [0.717, 1.165) is 38.5 Å². The summed E-state index contributed by atoms with van der Waals surface area (Å²) in [5.74, 6) is 0. The zero-order valence-corrected chi connectivity index (χ0v) is 24.5. The summed E-state index contributed by atoms with van der Waals surface area (Å²) >= 11 is 0. The third-order valence-electron chi connectivity index (χ3n) is 8.91. The minimum Gasteiger partial charge on any atom is -0.0987 e. The average molecular weight is 533 g/mol. The van der Waals surface area contributed by atoms with Crippen LogP contribution in [0, 0.1) is 0 Å². The van der Waals surface area contributed by atoms with E-state index in [2.05, 4.69) is 142 Å². The molecule has 1 unspecified atom stereocenters. The van der Waals surface area contributed by atoms with Crippen molar-refractivity contribution in [3.05, 3.63) is 161 Å². The third kappa shape index (κ3) is 4.66. The van der Waals surface area contributed by atoms with Crippen LogP contribution in [0.25, 0.3) is 27.8 Å². The van der Waals surface area contributed by atoms with Gasteiger partial charge in [-0.15, -0.1) is 0 Å². The molecule has 0 bridgehead atoms. The van der Waals surface area contributed by atoms with E-state index in [9.17, 15) is 0 Å². The van der Waals surface area contributed by atoms with E-state index in [0.29, 0.717) is 0 Å². The van der Waals surface area contributed by atoms with E-state index >= 15 is 0 Å². The minimum absolute atomic E-state index is 0.299. The molecular weight excluding hydrogens is 492 g/mol. The van der Waals surface area contributed by atoms with Crippen LogP contribution in [0.1, 0.15) is 62.6 Å². The molecule has 1 atom stereocenters.